The highest BCUT2D eigenvalue weighted by Crippen LogP contribution is 2.27. The van der Waals surface area contributed by atoms with Crippen LogP contribution in [0.3, 0.4) is 0 Å². The van der Waals surface area contributed by atoms with Gasteiger partial charge < -0.3 is 9.52 Å². The van der Waals surface area contributed by atoms with Gasteiger partial charge in [0.2, 0.25) is 11.8 Å². The first-order valence-electron chi connectivity index (χ1n) is 6.34. The van der Waals surface area contributed by atoms with Crippen molar-refractivity contribution in [2.75, 3.05) is 7.05 Å². The molecular formula is C14H16BrN3O3. The molecule has 0 spiro atoms. The number of likely N-dealkylation sites (N-methyl/N-ethyl adjacent to an activating group) is 1. The molecule has 0 amide bonds. The maximum Gasteiger partial charge on any atom is 0.323 e. The lowest BCUT2D eigenvalue weighted by atomic mass is 10.0. The topological polar surface area (TPSA) is 79.5 Å². The van der Waals surface area contributed by atoms with Crippen molar-refractivity contribution in [3.05, 3.63) is 34.6 Å². The van der Waals surface area contributed by atoms with Gasteiger partial charge in [0.25, 0.3) is 0 Å². The number of carbonyl (C=O) groups is 1. The van der Waals surface area contributed by atoms with Crippen molar-refractivity contribution in [2.45, 2.75) is 25.9 Å². The summed E-state index contributed by atoms with van der Waals surface area (Å²) in [6, 6.07) is 7.53. The summed E-state index contributed by atoms with van der Waals surface area (Å²) in [5.74, 6) is -0.132. The van der Waals surface area contributed by atoms with Crippen molar-refractivity contribution >= 4 is 21.9 Å². The predicted octanol–water partition coefficient (Wildman–Crippen LogP) is 2.79. The first kappa shape index (κ1) is 15.7. The number of hydrogen-bond donors (Lipinski definition) is 1. The fourth-order valence-corrected chi connectivity index (χ4v) is 2.08. The Morgan fingerprint density at radius 1 is 1.38 bits per heavy atom. The summed E-state index contributed by atoms with van der Waals surface area (Å²) < 4.78 is 6.47. The van der Waals surface area contributed by atoms with Gasteiger partial charge in [-0.1, -0.05) is 12.1 Å². The fourth-order valence-electron chi connectivity index (χ4n) is 1.62. The zero-order valence-electron chi connectivity index (χ0n) is 12.0. The van der Waals surface area contributed by atoms with Gasteiger partial charge in [-0.2, -0.15) is 0 Å². The molecule has 0 aliphatic carbocycles. The molecule has 1 heterocycles. The quantitative estimate of drug-likeness (QED) is 0.890. The average Bonchev–Trinajstić information content (AvgIpc) is 2.87. The van der Waals surface area contributed by atoms with E-state index in [-0.39, 0.29) is 6.54 Å². The van der Waals surface area contributed by atoms with Crippen LogP contribution in [0.5, 0.6) is 0 Å². The van der Waals surface area contributed by atoms with E-state index in [1.807, 2.05) is 24.3 Å². The maximum atomic E-state index is 11.2. The van der Waals surface area contributed by atoms with Crippen molar-refractivity contribution in [3.8, 4) is 11.5 Å². The Labute approximate surface area is 130 Å². The third-order valence-electron chi connectivity index (χ3n) is 3.42. The zero-order valence-corrected chi connectivity index (χ0v) is 13.6. The van der Waals surface area contributed by atoms with E-state index in [1.165, 1.54) is 0 Å². The number of halogens is 1. The van der Waals surface area contributed by atoms with E-state index in [0.29, 0.717) is 11.8 Å². The number of aliphatic carboxylic acids is 1. The molecule has 0 atom stereocenters. The molecule has 1 aromatic heterocycles. The Hall–Kier alpha value is -1.73. The molecule has 0 saturated heterocycles. The van der Waals surface area contributed by atoms with Crippen molar-refractivity contribution < 1.29 is 14.3 Å². The van der Waals surface area contributed by atoms with Gasteiger partial charge >= 0.3 is 5.97 Å². The van der Waals surface area contributed by atoms with E-state index < -0.39 is 11.5 Å². The zero-order chi connectivity index (χ0) is 15.6. The highest BCUT2D eigenvalue weighted by molar-refractivity contribution is 9.10. The Morgan fingerprint density at radius 3 is 2.67 bits per heavy atom. The second-order valence-electron chi connectivity index (χ2n) is 5.20. The van der Waals surface area contributed by atoms with Gasteiger partial charge in [-0.15, -0.1) is 10.2 Å². The molecule has 0 bridgehead atoms. The lowest BCUT2D eigenvalue weighted by Crippen LogP contribution is -2.47. The van der Waals surface area contributed by atoms with E-state index >= 15 is 0 Å². The summed E-state index contributed by atoms with van der Waals surface area (Å²) in [6.07, 6.45) is 0. The molecule has 0 radical (unpaired) electrons. The van der Waals surface area contributed by atoms with Gasteiger partial charge in [-0.25, -0.2) is 0 Å². The van der Waals surface area contributed by atoms with Crippen LogP contribution in [0.4, 0.5) is 0 Å². The number of aromatic nitrogens is 2. The van der Waals surface area contributed by atoms with Crippen molar-refractivity contribution in [1.82, 2.24) is 15.1 Å². The van der Waals surface area contributed by atoms with E-state index in [2.05, 4.69) is 26.1 Å². The van der Waals surface area contributed by atoms with Gasteiger partial charge in [0.05, 0.1) is 12.1 Å². The van der Waals surface area contributed by atoms with E-state index in [0.717, 1.165) is 10.0 Å². The standard InChI is InChI=1S/C14H16BrN3O3/c1-14(2,13(19)20)18(3)8-11-16-17-12(21-11)9-6-4-5-7-10(9)15/h4-7H,8H2,1-3H3,(H,19,20). The number of benzene rings is 1. The largest absolute Gasteiger partial charge is 0.480 e. The van der Waals surface area contributed by atoms with Crippen LogP contribution in [0.2, 0.25) is 0 Å². The summed E-state index contributed by atoms with van der Waals surface area (Å²) in [6.45, 7) is 3.51. The Balaban J connectivity index is 2.18. The average molecular weight is 354 g/mol. The van der Waals surface area contributed by atoms with Gasteiger partial charge in [-0.05, 0) is 49.0 Å². The summed E-state index contributed by atoms with van der Waals surface area (Å²) in [4.78, 5) is 12.9. The monoisotopic (exact) mass is 353 g/mol. The molecule has 0 fully saturated rings. The Morgan fingerprint density at radius 2 is 2.05 bits per heavy atom. The van der Waals surface area contributed by atoms with Gasteiger partial charge in [0.15, 0.2) is 0 Å². The number of carboxylic acid groups (broad SMARTS) is 1. The molecule has 1 N–H and O–H groups in total. The number of nitrogens with zero attached hydrogens (tertiary/aromatic N) is 3. The summed E-state index contributed by atoms with van der Waals surface area (Å²) in [5.41, 5.74) is -0.210. The molecule has 0 saturated carbocycles. The molecule has 6 nitrogen and oxygen atoms in total. The molecular weight excluding hydrogens is 338 g/mol. The molecule has 21 heavy (non-hydrogen) atoms. The molecule has 7 heteroatoms. The van der Waals surface area contributed by atoms with Crippen LogP contribution in [0.1, 0.15) is 19.7 Å². The van der Waals surface area contributed by atoms with Crippen LogP contribution < -0.4 is 0 Å². The smallest absolute Gasteiger partial charge is 0.323 e. The SMILES string of the molecule is CN(Cc1nnc(-c2ccccc2Br)o1)C(C)(C)C(=O)O. The van der Waals surface area contributed by atoms with Gasteiger partial charge in [0.1, 0.15) is 5.54 Å². The Kier molecular flexibility index (Phi) is 4.43. The highest BCUT2D eigenvalue weighted by atomic mass is 79.9. The highest BCUT2D eigenvalue weighted by Gasteiger charge is 2.32. The minimum Gasteiger partial charge on any atom is -0.480 e. The summed E-state index contributed by atoms with van der Waals surface area (Å²) in [5, 5.41) is 17.2. The third-order valence-corrected chi connectivity index (χ3v) is 4.11. The predicted molar refractivity (Wildman–Crippen MR) is 80.6 cm³/mol. The second-order valence-corrected chi connectivity index (χ2v) is 6.06. The van der Waals surface area contributed by atoms with Crippen LogP contribution in [0.25, 0.3) is 11.5 Å². The van der Waals surface area contributed by atoms with E-state index in [4.69, 9.17) is 4.42 Å². The van der Waals surface area contributed by atoms with Gasteiger partial charge in [0, 0.05) is 4.47 Å². The molecule has 2 rings (SSSR count). The summed E-state index contributed by atoms with van der Waals surface area (Å²) in [7, 11) is 1.70. The maximum absolute atomic E-state index is 11.2. The van der Waals surface area contributed by atoms with Crippen LogP contribution in [0, 0.1) is 0 Å². The normalized spacial score (nSPS) is 11.9. The fraction of sp³-hybridized carbons (Fsp3) is 0.357. The second kappa shape index (κ2) is 5.95. The summed E-state index contributed by atoms with van der Waals surface area (Å²) >= 11 is 3.43. The van der Waals surface area contributed by atoms with E-state index in [1.54, 1.807) is 25.8 Å². The van der Waals surface area contributed by atoms with Crippen LogP contribution in [0.15, 0.2) is 33.2 Å². The molecule has 0 aliphatic rings. The minimum atomic E-state index is -1.01. The lowest BCUT2D eigenvalue weighted by molar-refractivity contribution is -0.149. The molecule has 0 unspecified atom stereocenters. The molecule has 0 aliphatic heterocycles. The number of carboxylic acids is 1. The lowest BCUT2D eigenvalue weighted by Gasteiger charge is -2.29. The number of rotatable bonds is 5. The van der Waals surface area contributed by atoms with Crippen molar-refractivity contribution in [2.24, 2.45) is 0 Å². The molecule has 1 aromatic carbocycles. The van der Waals surface area contributed by atoms with E-state index in [9.17, 15) is 9.90 Å². The third kappa shape index (κ3) is 3.30. The van der Waals surface area contributed by atoms with Crippen LogP contribution in [-0.2, 0) is 11.3 Å². The first-order valence-corrected chi connectivity index (χ1v) is 7.13. The molecule has 2 aromatic rings. The minimum absolute atomic E-state index is 0.261. The molecule has 112 valence electrons. The van der Waals surface area contributed by atoms with Crippen molar-refractivity contribution in [3.63, 3.8) is 0 Å². The van der Waals surface area contributed by atoms with Crippen molar-refractivity contribution in [1.29, 1.82) is 0 Å². The van der Waals surface area contributed by atoms with Crippen LogP contribution >= 0.6 is 15.9 Å². The Bertz CT molecular complexity index is 654. The van der Waals surface area contributed by atoms with Gasteiger partial charge in [-0.3, -0.25) is 9.69 Å². The van der Waals surface area contributed by atoms with Crippen LogP contribution in [-0.4, -0.2) is 38.8 Å². The number of hydrogen-bond acceptors (Lipinski definition) is 5. The first-order chi connectivity index (χ1) is 9.82.